The van der Waals surface area contributed by atoms with E-state index in [1.165, 1.54) is 19.3 Å². The minimum Gasteiger partial charge on any atom is -0.461 e. The number of cyclic esters (lactones) is 1. The normalized spacial score (nSPS) is 21.1. The highest BCUT2D eigenvalue weighted by Crippen LogP contribution is 2.32. The fourth-order valence-corrected chi connectivity index (χ4v) is 4.21. The maximum atomic E-state index is 12.9. The van der Waals surface area contributed by atoms with Gasteiger partial charge in [-0.15, -0.1) is 0 Å². The molecule has 1 aliphatic rings. The van der Waals surface area contributed by atoms with Crippen LogP contribution in [-0.4, -0.2) is 36.6 Å². The summed E-state index contributed by atoms with van der Waals surface area (Å²) in [7, 11) is 0. The molecular weight excluding hydrogens is 442 g/mol. The second-order valence-electron chi connectivity index (χ2n) is 9.85. The fraction of sp³-hybridized carbons (Fsp3) is 0.759. The molecule has 1 N–H and O–H groups in total. The van der Waals surface area contributed by atoms with Gasteiger partial charge in [-0.2, -0.15) is 0 Å². The van der Waals surface area contributed by atoms with Crippen molar-refractivity contribution < 1.29 is 28.0 Å². The number of amides is 1. The summed E-state index contributed by atoms with van der Waals surface area (Å²) in [5.41, 5.74) is 0. The smallest absolute Gasteiger partial charge is 0.328 e. The number of unbranched alkanes of at least 4 members (excludes halogenated alkanes) is 5. The molecular formula is C29H49NO5. The summed E-state index contributed by atoms with van der Waals surface area (Å²) in [6.07, 6.45) is 17.8. The largest absolute Gasteiger partial charge is 0.461 e. The molecule has 1 rings (SSSR count). The van der Waals surface area contributed by atoms with Crippen molar-refractivity contribution in [1.29, 1.82) is 0 Å². The van der Waals surface area contributed by atoms with Crippen molar-refractivity contribution in [3.8, 4) is 0 Å². The van der Waals surface area contributed by atoms with Gasteiger partial charge in [0.25, 0.3) is 0 Å². The van der Waals surface area contributed by atoms with Gasteiger partial charge in [0.2, 0.25) is 6.41 Å². The van der Waals surface area contributed by atoms with Crippen LogP contribution in [0.15, 0.2) is 24.3 Å². The molecule has 6 heteroatoms. The number of allylic oxidation sites excluding steroid dienone is 3. The van der Waals surface area contributed by atoms with E-state index < -0.39 is 25.0 Å². The van der Waals surface area contributed by atoms with Gasteiger partial charge >= 0.3 is 11.9 Å². The summed E-state index contributed by atoms with van der Waals surface area (Å²) in [6, 6.07) is -0.719. The van der Waals surface area contributed by atoms with Gasteiger partial charge in [0.05, 0.1) is 5.92 Å². The molecule has 1 fully saturated rings. The molecule has 0 aromatic carbocycles. The molecule has 1 amide bonds. The standard InChI is InChI=1S/C29H49NO5/c1-5-7-9-11-12-13-14-15-16-18-24(34-29(33)26(30-22-31)20-23(3)4)21-27-25(28(32)35-27)19-17-10-8-6-2/h12-13,15-16,22-27H,5-11,14,17-21H2,1-4H3,(H,30,31)/b13-12-,16-15-/t24-,25-,26-,27-/m0/s1/i2D3. The topological polar surface area (TPSA) is 81.7 Å². The van der Waals surface area contributed by atoms with E-state index in [0.29, 0.717) is 38.5 Å². The van der Waals surface area contributed by atoms with Crippen molar-refractivity contribution in [2.24, 2.45) is 11.8 Å². The third-order valence-corrected chi connectivity index (χ3v) is 6.23. The van der Waals surface area contributed by atoms with Gasteiger partial charge in [-0.05, 0) is 38.0 Å². The zero-order valence-corrected chi connectivity index (χ0v) is 22.0. The molecule has 200 valence electrons. The Morgan fingerprint density at radius 1 is 1.11 bits per heavy atom. The quantitative estimate of drug-likeness (QED) is 0.0860. The molecule has 0 spiro atoms. The van der Waals surface area contributed by atoms with Crippen LogP contribution in [0.5, 0.6) is 0 Å². The van der Waals surface area contributed by atoms with Crippen LogP contribution >= 0.6 is 0 Å². The van der Waals surface area contributed by atoms with Crippen molar-refractivity contribution in [3.05, 3.63) is 24.3 Å². The highest BCUT2D eigenvalue weighted by atomic mass is 16.6. The molecule has 0 aromatic heterocycles. The average Bonchev–Trinajstić information content (AvgIpc) is 2.83. The Labute approximate surface area is 217 Å². The third kappa shape index (κ3) is 13.5. The van der Waals surface area contributed by atoms with Crippen LogP contribution in [0, 0.1) is 11.8 Å². The first-order valence-electron chi connectivity index (χ1n) is 15.0. The zero-order chi connectivity index (χ0) is 28.4. The highest BCUT2D eigenvalue weighted by molar-refractivity contribution is 5.79. The van der Waals surface area contributed by atoms with E-state index in [2.05, 4.69) is 24.4 Å². The minimum absolute atomic E-state index is 0.177. The van der Waals surface area contributed by atoms with Crippen LogP contribution in [0.1, 0.15) is 115 Å². The third-order valence-electron chi connectivity index (χ3n) is 6.23. The predicted molar refractivity (Wildman–Crippen MR) is 141 cm³/mol. The summed E-state index contributed by atoms with van der Waals surface area (Å²) in [5.74, 6) is -0.796. The van der Waals surface area contributed by atoms with Crippen LogP contribution in [-0.2, 0) is 23.9 Å². The Morgan fingerprint density at radius 3 is 2.57 bits per heavy atom. The molecule has 6 nitrogen and oxygen atoms in total. The Bertz CT molecular complexity index is 751. The van der Waals surface area contributed by atoms with Crippen LogP contribution in [0.3, 0.4) is 0 Å². The van der Waals surface area contributed by atoms with Crippen molar-refractivity contribution in [2.75, 3.05) is 0 Å². The van der Waals surface area contributed by atoms with Gasteiger partial charge in [0.1, 0.15) is 18.2 Å². The van der Waals surface area contributed by atoms with Crippen molar-refractivity contribution in [3.63, 3.8) is 0 Å². The molecule has 4 atom stereocenters. The van der Waals surface area contributed by atoms with Crippen LogP contribution in [0.25, 0.3) is 0 Å². The molecule has 1 aliphatic heterocycles. The first-order chi connectivity index (χ1) is 18.1. The summed E-state index contributed by atoms with van der Waals surface area (Å²) >= 11 is 0. The van der Waals surface area contributed by atoms with Gasteiger partial charge in [-0.1, -0.05) is 90.5 Å². The molecule has 35 heavy (non-hydrogen) atoms. The summed E-state index contributed by atoms with van der Waals surface area (Å²) in [4.78, 5) is 36.0. The van der Waals surface area contributed by atoms with Crippen LogP contribution in [0.2, 0.25) is 0 Å². The Kier molecular flexibility index (Phi) is 14.2. The second kappa shape index (κ2) is 19.1. The van der Waals surface area contributed by atoms with Crippen LogP contribution in [0.4, 0.5) is 0 Å². The van der Waals surface area contributed by atoms with Crippen LogP contribution < -0.4 is 5.32 Å². The van der Waals surface area contributed by atoms with E-state index in [1.807, 2.05) is 26.0 Å². The van der Waals surface area contributed by atoms with E-state index in [1.54, 1.807) is 0 Å². The second-order valence-corrected chi connectivity index (χ2v) is 9.85. The molecule has 1 heterocycles. The first-order valence-corrected chi connectivity index (χ1v) is 13.5. The molecule has 0 aliphatic carbocycles. The number of hydrogen-bond donors (Lipinski definition) is 1. The minimum atomic E-state index is -1.92. The Morgan fingerprint density at radius 2 is 1.89 bits per heavy atom. The molecule has 0 radical (unpaired) electrons. The number of nitrogens with one attached hydrogen (secondary N) is 1. The number of hydrogen-bond acceptors (Lipinski definition) is 5. The lowest BCUT2D eigenvalue weighted by atomic mass is 9.87. The number of carbonyl (C=O) groups is 3. The molecule has 0 unspecified atom stereocenters. The van der Waals surface area contributed by atoms with Crippen molar-refractivity contribution >= 4 is 18.3 Å². The lowest BCUT2D eigenvalue weighted by molar-refractivity contribution is -0.190. The zero-order valence-electron chi connectivity index (χ0n) is 25.0. The first kappa shape index (κ1) is 26.0. The Hall–Kier alpha value is -2.11. The van der Waals surface area contributed by atoms with E-state index in [-0.39, 0.29) is 30.3 Å². The van der Waals surface area contributed by atoms with E-state index >= 15 is 0 Å². The van der Waals surface area contributed by atoms with Gasteiger partial charge in [0.15, 0.2) is 0 Å². The molecule has 1 saturated heterocycles. The summed E-state index contributed by atoms with van der Waals surface area (Å²) in [5, 5.41) is 2.56. The van der Waals surface area contributed by atoms with Crippen molar-refractivity contribution in [2.45, 2.75) is 129 Å². The van der Waals surface area contributed by atoms with E-state index in [0.717, 1.165) is 25.7 Å². The summed E-state index contributed by atoms with van der Waals surface area (Å²) < 4.78 is 33.1. The van der Waals surface area contributed by atoms with Gasteiger partial charge < -0.3 is 14.8 Å². The lowest BCUT2D eigenvalue weighted by Crippen LogP contribution is -2.48. The Balaban J connectivity index is 2.69. The van der Waals surface area contributed by atoms with Gasteiger partial charge in [-0.25, -0.2) is 4.79 Å². The lowest BCUT2D eigenvalue weighted by Gasteiger charge is -2.37. The molecule has 0 aromatic rings. The van der Waals surface area contributed by atoms with E-state index in [9.17, 15) is 14.4 Å². The highest BCUT2D eigenvalue weighted by Gasteiger charge is 2.43. The predicted octanol–water partition coefficient (Wildman–Crippen LogP) is 6.43. The van der Waals surface area contributed by atoms with E-state index in [4.69, 9.17) is 13.6 Å². The average molecular weight is 495 g/mol. The van der Waals surface area contributed by atoms with Gasteiger partial charge in [0, 0.05) is 17.0 Å². The maximum Gasteiger partial charge on any atom is 0.328 e. The monoisotopic (exact) mass is 494 g/mol. The number of carbonyl (C=O) groups excluding carboxylic acids is 3. The van der Waals surface area contributed by atoms with Gasteiger partial charge in [-0.3, -0.25) is 9.59 Å². The number of ether oxygens (including phenoxy) is 2. The maximum absolute atomic E-state index is 12.9. The van der Waals surface area contributed by atoms with Crippen molar-refractivity contribution in [1.82, 2.24) is 5.32 Å². The molecule has 0 saturated carbocycles. The number of rotatable bonds is 21. The SMILES string of the molecule is [2H]C([2H])([2H])CCCCC[C@@H]1C(=O)O[C@H]1C[C@H](C/C=C\C/C=C\CCCCC)OC(=O)[C@H](CC(C)C)NC=O. The number of esters is 2. The fourth-order valence-electron chi connectivity index (χ4n) is 4.21. The molecule has 0 bridgehead atoms. The summed E-state index contributed by atoms with van der Waals surface area (Å²) in [6.45, 7) is 4.21.